The molecule has 0 aliphatic rings. The van der Waals surface area contributed by atoms with Gasteiger partial charge in [-0.15, -0.1) is 0 Å². The van der Waals surface area contributed by atoms with Crippen molar-refractivity contribution in [3.05, 3.63) is 39.9 Å². The fraction of sp³-hybridized carbons (Fsp3) is 0. The van der Waals surface area contributed by atoms with Gasteiger partial charge in [0, 0.05) is 17.6 Å². The summed E-state index contributed by atoms with van der Waals surface area (Å²) >= 11 is 5.64. The van der Waals surface area contributed by atoms with Crippen LogP contribution in [0.1, 0.15) is 0 Å². The van der Waals surface area contributed by atoms with Crippen LogP contribution in [0.4, 0.5) is 0 Å². The molecule has 0 bridgehead atoms. The first-order chi connectivity index (χ1) is 5.77. The normalized spacial score (nSPS) is 10.4. The quantitative estimate of drug-likeness (QED) is 0.626. The van der Waals surface area contributed by atoms with Gasteiger partial charge in [0.25, 0.3) is 0 Å². The second-order valence-corrected chi connectivity index (χ2v) is 2.81. The van der Waals surface area contributed by atoms with E-state index in [-0.39, 0.29) is 5.43 Å². The van der Waals surface area contributed by atoms with E-state index in [0.717, 1.165) is 0 Å². The number of aromatic nitrogens is 2. The molecular weight excluding hydrogens is 176 g/mol. The lowest BCUT2D eigenvalue weighted by molar-refractivity contribution is 1.30. The van der Waals surface area contributed by atoms with E-state index in [2.05, 4.69) is 9.97 Å². The van der Waals surface area contributed by atoms with Gasteiger partial charge in [0.05, 0.1) is 11.7 Å². The van der Waals surface area contributed by atoms with Gasteiger partial charge >= 0.3 is 0 Å². The van der Waals surface area contributed by atoms with E-state index in [9.17, 15) is 4.79 Å². The van der Waals surface area contributed by atoms with Crippen molar-refractivity contribution >= 4 is 22.5 Å². The molecule has 0 saturated carbocycles. The zero-order valence-corrected chi connectivity index (χ0v) is 6.80. The van der Waals surface area contributed by atoms with Crippen LogP contribution in [-0.2, 0) is 0 Å². The van der Waals surface area contributed by atoms with E-state index < -0.39 is 0 Å². The molecule has 2 heterocycles. The van der Waals surface area contributed by atoms with E-state index in [0.29, 0.717) is 16.1 Å². The lowest BCUT2D eigenvalue weighted by Crippen LogP contribution is -2.00. The average Bonchev–Trinajstić information content (AvgIpc) is 2.04. The highest BCUT2D eigenvalue weighted by atomic mass is 35.5. The van der Waals surface area contributed by atoms with E-state index in [4.69, 9.17) is 11.6 Å². The molecule has 3 nitrogen and oxygen atoms in total. The summed E-state index contributed by atoms with van der Waals surface area (Å²) in [6, 6.07) is 3.01. The Morgan fingerprint density at radius 3 is 3.17 bits per heavy atom. The highest BCUT2D eigenvalue weighted by Crippen LogP contribution is 2.08. The highest BCUT2D eigenvalue weighted by molar-refractivity contribution is 6.29. The monoisotopic (exact) mass is 180 g/mol. The number of pyridine rings is 2. The molecule has 4 heteroatoms. The van der Waals surface area contributed by atoms with Crippen LogP contribution in [0.25, 0.3) is 10.9 Å². The Labute approximate surface area is 73.0 Å². The first-order valence-electron chi connectivity index (χ1n) is 3.40. The molecule has 0 aromatic carbocycles. The molecule has 12 heavy (non-hydrogen) atoms. The lowest BCUT2D eigenvalue weighted by atomic mass is 10.2. The van der Waals surface area contributed by atoms with Crippen molar-refractivity contribution in [1.29, 1.82) is 0 Å². The standard InChI is InChI=1S/C8H5ClN2O/c9-8-3-7(12)5-1-2-10-4-6(5)11-8/h1-4H,(H,11,12). The Kier molecular flexibility index (Phi) is 1.59. The van der Waals surface area contributed by atoms with Gasteiger partial charge in [0.1, 0.15) is 5.15 Å². The molecule has 0 spiro atoms. The predicted molar refractivity (Wildman–Crippen MR) is 47.4 cm³/mol. The SMILES string of the molecule is O=c1cc(Cl)[nH]c2cnccc12. The van der Waals surface area contributed by atoms with Crippen molar-refractivity contribution in [3.8, 4) is 0 Å². The van der Waals surface area contributed by atoms with E-state index in [1.807, 2.05) is 0 Å². The number of rotatable bonds is 0. The Morgan fingerprint density at radius 1 is 1.50 bits per heavy atom. The van der Waals surface area contributed by atoms with Gasteiger partial charge in [0.15, 0.2) is 5.43 Å². The van der Waals surface area contributed by atoms with Crippen LogP contribution in [0.3, 0.4) is 0 Å². The Balaban J connectivity index is 2.99. The van der Waals surface area contributed by atoms with Crippen LogP contribution in [0.2, 0.25) is 5.15 Å². The molecule has 2 aromatic rings. The van der Waals surface area contributed by atoms with Crippen molar-refractivity contribution in [3.63, 3.8) is 0 Å². The Hall–Kier alpha value is -1.35. The summed E-state index contributed by atoms with van der Waals surface area (Å²) < 4.78 is 0. The minimum absolute atomic E-state index is 0.0869. The molecule has 0 saturated heterocycles. The number of H-pyrrole nitrogens is 1. The number of hydrogen-bond acceptors (Lipinski definition) is 2. The summed E-state index contributed by atoms with van der Waals surface area (Å²) in [7, 11) is 0. The van der Waals surface area contributed by atoms with Gasteiger partial charge < -0.3 is 4.98 Å². The van der Waals surface area contributed by atoms with Crippen LogP contribution < -0.4 is 5.43 Å². The lowest BCUT2D eigenvalue weighted by Gasteiger charge is -1.95. The zero-order chi connectivity index (χ0) is 8.55. The van der Waals surface area contributed by atoms with Crippen LogP contribution >= 0.6 is 11.6 Å². The van der Waals surface area contributed by atoms with E-state index in [1.54, 1.807) is 18.5 Å². The third kappa shape index (κ3) is 1.08. The fourth-order valence-electron chi connectivity index (χ4n) is 1.07. The van der Waals surface area contributed by atoms with Gasteiger partial charge in [-0.3, -0.25) is 9.78 Å². The maximum absolute atomic E-state index is 11.3. The molecule has 0 aliphatic heterocycles. The second-order valence-electron chi connectivity index (χ2n) is 2.40. The molecule has 60 valence electrons. The summed E-state index contributed by atoms with van der Waals surface area (Å²) in [4.78, 5) is 18.0. The van der Waals surface area contributed by atoms with Crippen LogP contribution in [0, 0.1) is 0 Å². The highest BCUT2D eigenvalue weighted by Gasteiger charge is 1.98. The Morgan fingerprint density at radius 2 is 2.33 bits per heavy atom. The largest absolute Gasteiger partial charge is 0.344 e. The smallest absolute Gasteiger partial charge is 0.191 e. The van der Waals surface area contributed by atoms with Crippen molar-refractivity contribution in [1.82, 2.24) is 9.97 Å². The summed E-state index contributed by atoms with van der Waals surface area (Å²) in [6.07, 6.45) is 3.15. The summed E-state index contributed by atoms with van der Waals surface area (Å²) in [5.74, 6) is 0. The zero-order valence-electron chi connectivity index (χ0n) is 6.04. The molecular formula is C8H5ClN2O. The maximum atomic E-state index is 11.3. The number of fused-ring (bicyclic) bond motifs is 1. The molecule has 1 N–H and O–H groups in total. The minimum atomic E-state index is -0.0869. The maximum Gasteiger partial charge on any atom is 0.191 e. The number of aromatic amines is 1. The van der Waals surface area contributed by atoms with Gasteiger partial charge in [-0.2, -0.15) is 0 Å². The summed E-state index contributed by atoms with van der Waals surface area (Å²) in [5.41, 5.74) is 0.575. The molecule has 0 unspecified atom stereocenters. The molecule has 2 rings (SSSR count). The third-order valence-corrected chi connectivity index (χ3v) is 1.80. The number of hydrogen-bond donors (Lipinski definition) is 1. The molecule has 0 fully saturated rings. The third-order valence-electron chi connectivity index (χ3n) is 1.60. The van der Waals surface area contributed by atoms with E-state index >= 15 is 0 Å². The van der Waals surface area contributed by atoms with Gasteiger partial charge in [0.2, 0.25) is 0 Å². The van der Waals surface area contributed by atoms with E-state index in [1.165, 1.54) is 6.07 Å². The van der Waals surface area contributed by atoms with Gasteiger partial charge in [-0.25, -0.2) is 0 Å². The van der Waals surface area contributed by atoms with Crippen LogP contribution in [-0.4, -0.2) is 9.97 Å². The molecule has 2 aromatic heterocycles. The first-order valence-corrected chi connectivity index (χ1v) is 3.78. The molecule has 0 atom stereocenters. The van der Waals surface area contributed by atoms with Gasteiger partial charge in [-0.05, 0) is 6.07 Å². The molecule has 0 amide bonds. The second kappa shape index (κ2) is 2.60. The van der Waals surface area contributed by atoms with Crippen molar-refractivity contribution in [2.45, 2.75) is 0 Å². The number of halogens is 1. The van der Waals surface area contributed by atoms with Crippen LogP contribution in [0.5, 0.6) is 0 Å². The number of nitrogens with one attached hydrogen (secondary N) is 1. The Bertz CT molecular complexity index is 478. The molecule has 0 radical (unpaired) electrons. The first kappa shape index (κ1) is 7.31. The summed E-state index contributed by atoms with van der Waals surface area (Å²) in [5, 5.41) is 0.940. The predicted octanol–water partition coefficient (Wildman–Crippen LogP) is 1.58. The van der Waals surface area contributed by atoms with Crippen molar-refractivity contribution in [2.24, 2.45) is 0 Å². The van der Waals surface area contributed by atoms with Crippen molar-refractivity contribution < 1.29 is 0 Å². The fourth-order valence-corrected chi connectivity index (χ4v) is 1.27. The topological polar surface area (TPSA) is 45.8 Å². The van der Waals surface area contributed by atoms with Crippen LogP contribution in [0.15, 0.2) is 29.3 Å². The minimum Gasteiger partial charge on any atom is -0.344 e. The number of nitrogens with zero attached hydrogens (tertiary/aromatic N) is 1. The molecule has 0 aliphatic carbocycles. The summed E-state index contributed by atoms with van der Waals surface area (Å²) in [6.45, 7) is 0. The van der Waals surface area contributed by atoms with Crippen molar-refractivity contribution in [2.75, 3.05) is 0 Å². The average molecular weight is 181 g/mol. The van der Waals surface area contributed by atoms with Gasteiger partial charge in [-0.1, -0.05) is 11.6 Å².